The molecule has 0 amide bonds. The number of aromatic nitrogens is 2. The maximum absolute atomic E-state index is 10.7. The first kappa shape index (κ1) is 7.26. The summed E-state index contributed by atoms with van der Waals surface area (Å²) in [4.78, 5) is 24.9. The number of rotatable bonds is 1. The summed E-state index contributed by atoms with van der Waals surface area (Å²) in [6, 6.07) is 0. The lowest BCUT2D eigenvalue weighted by atomic mass is 10.3. The largest absolute Gasteiger partial charge is 0.494 e. The van der Waals surface area contributed by atoms with Gasteiger partial charge in [0.05, 0.1) is 0 Å². The molecule has 0 spiro atoms. The monoisotopic (exact) mass is 155 g/mol. The van der Waals surface area contributed by atoms with E-state index in [0.717, 1.165) is 0 Å². The number of aromatic hydroxyl groups is 1. The molecule has 4 N–H and O–H groups in total. The van der Waals surface area contributed by atoms with E-state index in [-0.39, 0.29) is 5.56 Å². The van der Waals surface area contributed by atoms with Gasteiger partial charge in [0.15, 0.2) is 0 Å². The molecule has 11 heavy (non-hydrogen) atoms. The van der Waals surface area contributed by atoms with Crippen LogP contribution in [0.3, 0.4) is 0 Å². The van der Waals surface area contributed by atoms with Crippen molar-refractivity contribution in [1.82, 2.24) is 9.97 Å². The summed E-state index contributed by atoms with van der Waals surface area (Å²) in [7, 11) is 0. The van der Waals surface area contributed by atoms with Crippen molar-refractivity contribution in [3.8, 4) is 5.88 Å². The maximum Gasteiger partial charge on any atom is 0.328 e. The fourth-order valence-electron chi connectivity index (χ4n) is 0.618. The normalized spacial score (nSPS) is 9.45. The van der Waals surface area contributed by atoms with Crippen molar-refractivity contribution in [3.63, 3.8) is 0 Å². The fourth-order valence-corrected chi connectivity index (χ4v) is 0.618. The molecule has 1 rings (SSSR count). The third-order valence-corrected chi connectivity index (χ3v) is 1.10. The van der Waals surface area contributed by atoms with Gasteiger partial charge in [-0.15, -0.1) is 0 Å². The van der Waals surface area contributed by atoms with Crippen molar-refractivity contribution in [1.29, 1.82) is 5.41 Å². The van der Waals surface area contributed by atoms with Crippen molar-refractivity contribution in [3.05, 3.63) is 26.4 Å². The molecule has 1 aromatic rings. The van der Waals surface area contributed by atoms with Gasteiger partial charge >= 0.3 is 5.69 Å². The van der Waals surface area contributed by atoms with Gasteiger partial charge in [0.1, 0.15) is 5.56 Å². The van der Waals surface area contributed by atoms with Crippen molar-refractivity contribution < 1.29 is 5.11 Å². The van der Waals surface area contributed by atoms with Gasteiger partial charge in [0.2, 0.25) is 5.88 Å². The predicted molar refractivity (Wildman–Crippen MR) is 37.2 cm³/mol. The molecule has 6 heteroatoms. The number of hydrogen-bond donors (Lipinski definition) is 4. The van der Waals surface area contributed by atoms with Crippen LogP contribution in [0.1, 0.15) is 5.56 Å². The van der Waals surface area contributed by atoms with Crippen LogP contribution in [0.5, 0.6) is 5.88 Å². The first-order valence-corrected chi connectivity index (χ1v) is 2.71. The van der Waals surface area contributed by atoms with Crippen LogP contribution in [0, 0.1) is 5.41 Å². The van der Waals surface area contributed by atoms with Crippen LogP contribution in [-0.4, -0.2) is 21.3 Å². The van der Waals surface area contributed by atoms with Gasteiger partial charge in [0.25, 0.3) is 5.56 Å². The van der Waals surface area contributed by atoms with Crippen LogP contribution in [0.2, 0.25) is 0 Å². The van der Waals surface area contributed by atoms with E-state index in [0.29, 0.717) is 6.21 Å². The van der Waals surface area contributed by atoms with Gasteiger partial charge in [-0.3, -0.25) is 14.8 Å². The Morgan fingerprint density at radius 1 is 1.36 bits per heavy atom. The van der Waals surface area contributed by atoms with E-state index in [9.17, 15) is 9.59 Å². The lowest BCUT2D eigenvalue weighted by Crippen LogP contribution is -2.24. The summed E-state index contributed by atoms with van der Waals surface area (Å²) < 4.78 is 0. The van der Waals surface area contributed by atoms with Crippen molar-refractivity contribution >= 4 is 6.21 Å². The zero-order chi connectivity index (χ0) is 8.43. The summed E-state index contributed by atoms with van der Waals surface area (Å²) >= 11 is 0. The number of hydrogen-bond acceptors (Lipinski definition) is 4. The van der Waals surface area contributed by atoms with Crippen LogP contribution in [0.25, 0.3) is 0 Å². The molecule has 58 valence electrons. The summed E-state index contributed by atoms with van der Waals surface area (Å²) in [6.07, 6.45) is 0.657. The second-order valence-corrected chi connectivity index (χ2v) is 1.81. The van der Waals surface area contributed by atoms with E-state index in [2.05, 4.69) is 0 Å². The van der Waals surface area contributed by atoms with Crippen LogP contribution >= 0.6 is 0 Å². The molecule has 6 nitrogen and oxygen atoms in total. The number of aromatic amines is 2. The molecule has 0 aliphatic heterocycles. The summed E-state index contributed by atoms with van der Waals surface area (Å²) in [5.74, 6) is -0.589. The predicted octanol–water partition coefficient (Wildman–Crippen LogP) is -1.23. The topological polar surface area (TPSA) is 110 Å². The third kappa shape index (κ3) is 1.18. The van der Waals surface area contributed by atoms with E-state index >= 15 is 0 Å². The molecule has 0 aliphatic rings. The van der Waals surface area contributed by atoms with E-state index in [1.54, 1.807) is 0 Å². The van der Waals surface area contributed by atoms with Crippen LogP contribution < -0.4 is 11.2 Å². The second-order valence-electron chi connectivity index (χ2n) is 1.81. The first-order chi connectivity index (χ1) is 5.15. The SMILES string of the molecule is N=Cc1c(O)[nH]c(=O)[nH]c1=O. The Morgan fingerprint density at radius 2 is 2.00 bits per heavy atom. The van der Waals surface area contributed by atoms with Crippen LogP contribution in [-0.2, 0) is 0 Å². The molecule has 1 heterocycles. The average molecular weight is 155 g/mol. The molecule has 0 fully saturated rings. The standard InChI is InChI=1S/C5H5N3O3/c6-1-2-3(9)7-5(11)8-4(2)10/h1,6H,(H3,7,8,9,10,11). The van der Waals surface area contributed by atoms with E-state index in [4.69, 9.17) is 10.5 Å². The molecule has 0 atom stereocenters. The summed E-state index contributed by atoms with van der Waals surface area (Å²) in [5.41, 5.74) is -1.83. The minimum atomic E-state index is -0.793. The highest BCUT2D eigenvalue weighted by Crippen LogP contribution is 1.99. The van der Waals surface area contributed by atoms with E-state index in [1.165, 1.54) is 0 Å². The summed E-state index contributed by atoms with van der Waals surface area (Å²) in [6.45, 7) is 0. The lowest BCUT2D eigenvalue weighted by Gasteiger charge is -1.92. The zero-order valence-corrected chi connectivity index (χ0v) is 5.34. The average Bonchev–Trinajstić information content (AvgIpc) is 1.85. The molecule has 0 saturated heterocycles. The van der Waals surface area contributed by atoms with E-state index < -0.39 is 17.1 Å². The molecule has 0 saturated carbocycles. The molecule has 0 bridgehead atoms. The highest BCUT2D eigenvalue weighted by atomic mass is 16.3. The molecule has 0 radical (unpaired) electrons. The highest BCUT2D eigenvalue weighted by molar-refractivity contribution is 5.78. The Hall–Kier alpha value is -1.85. The van der Waals surface area contributed by atoms with E-state index in [1.807, 2.05) is 9.97 Å². The molecule has 0 aliphatic carbocycles. The second kappa shape index (κ2) is 2.41. The Balaban J connectivity index is 3.62. The lowest BCUT2D eigenvalue weighted by molar-refractivity contribution is 0.447. The highest BCUT2D eigenvalue weighted by Gasteiger charge is 2.03. The Labute approximate surface area is 60.0 Å². The van der Waals surface area contributed by atoms with Gasteiger partial charge in [0, 0.05) is 6.21 Å². The quantitative estimate of drug-likeness (QED) is 0.381. The van der Waals surface area contributed by atoms with Crippen molar-refractivity contribution in [2.24, 2.45) is 0 Å². The van der Waals surface area contributed by atoms with Crippen molar-refractivity contribution in [2.45, 2.75) is 0 Å². The first-order valence-electron chi connectivity index (χ1n) is 2.71. The minimum absolute atomic E-state index is 0.260. The van der Waals surface area contributed by atoms with Gasteiger partial charge in [-0.25, -0.2) is 4.79 Å². The fraction of sp³-hybridized carbons (Fsp3) is 0. The number of H-pyrrole nitrogens is 2. The van der Waals surface area contributed by atoms with Gasteiger partial charge in [-0.1, -0.05) is 0 Å². The molecule has 1 aromatic heterocycles. The zero-order valence-electron chi connectivity index (χ0n) is 5.34. The Kier molecular flexibility index (Phi) is 1.59. The minimum Gasteiger partial charge on any atom is -0.494 e. The van der Waals surface area contributed by atoms with Gasteiger partial charge < -0.3 is 10.5 Å². The summed E-state index contributed by atoms with van der Waals surface area (Å²) in [5, 5.41) is 15.5. The van der Waals surface area contributed by atoms with Gasteiger partial charge in [-0.2, -0.15) is 0 Å². The molecular formula is C5H5N3O3. The molecular weight excluding hydrogens is 150 g/mol. The Bertz CT molecular complexity index is 389. The molecule has 0 unspecified atom stereocenters. The Morgan fingerprint density at radius 3 is 2.45 bits per heavy atom. The number of nitrogens with one attached hydrogen (secondary N) is 3. The molecule has 0 aromatic carbocycles. The van der Waals surface area contributed by atoms with Crippen LogP contribution in [0.15, 0.2) is 9.59 Å². The smallest absolute Gasteiger partial charge is 0.328 e. The van der Waals surface area contributed by atoms with Crippen molar-refractivity contribution in [2.75, 3.05) is 0 Å². The third-order valence-electron chi connectivity index (χ3n) is 1.10. The van der Waals surface area contributed by atoms with Gasteiger partial charge in [-0.05, 0) is 0 Å². The maximum atomic E-state index is 10.7. The van der Waals surface area contributed by atoms with Crippen LogP contribution in [0.4, 0.5) is 0 Å².